The van der Waals surface area contributed by atoms with Crippen LogP contribution >= 0.6 is 0 Å². The van der Waals surface area contributed by atoms with Gasteiger partial charge < -0.3 is 5.32 Å². The maximum absolute atomic E-state index is 4.53. The molecule has 1 N–H and O–H groups in total. The molecule has 1 heterocycles. The van der Waals surface area contributed by atoms with E-state index in [1.807, 2.05) is 0 Å². The molecular weight excluding hydrogens is 234 g/mol. The quantitative estimate of drug-likeness (QED) is 0.817. The minimum atomic E-state index is 0.307. The Morgan fingerprint density at radius 3 is 2.53 bits per heavy atom. The van der Waals surface area contributed by atoms with Gasteiger partial charge >= 0.3 is 0 Å². The molecule has 0 aliphatic carbocycles. The van der Waals surface area contributed by atoms with Crippen LogP contribution in [0.15, 0.2) is 6.07 Å². The van der Waals surface area contributed by atoms with Crippen molar-refractivity contribution in [2.75, 3.05) is 6.54 Å². The number of aryl methyl sites for hydroxylation is 3. The zero-order chi connectivity index (χ0) is 14.5. The van der Waals surface area contributed by atoms with Crippen molar-refractivity contribution in [3.05, 3.63) is 17.5 Å². The highest BCUT2D eigenvalue weighted by molar-refractivity contribution is 5.09. The first-order valence-electron chi connectivity index (χ1n) is 7.65. The summed E-state index contributed by atoms with van der Waals surface area (Å²) in [4.78, 5) is 0. The van der Waals surface area contributed by atoms with Crippen LogP contribution in [-0.4, -0.2) is 22.4 Å². The second-order valence-corrected chi connectivity index (χ2v) is 6.50. The van der Waals surface area contributed by atoms with E-state index in [1.54, 1.807) is 0 Å². The first kappa shape index (κ1) is 16.2. The third kappa shape index (κ3) is 4.98. The fourth-order valence-corrected chi connectivity index (χ4v) is 2.53. The molecule has 1 aromatic heterocycles. The summed E-state index contributed by atoms with van der Waals surface area (Å²) in [7, 11) is 0. The van der Waals surface area contributed by atoms with Crippen LogP contribution in [0.25, 0.3) is 0 Å². The molecule has 19 heavy (non-hydrogen) atoms. The summed E-state index contributed by atoms with van der Waals surface area (Å²) >= 11 is 0. The lowest BCUT2D eigenvalue weighted by atomic mass is 9.83. The molecule has 110 valence electrons. The van der Waals surface area contributed by atoms with Crippen LogP contribution < -0.4 is 5.32 Å². The number of nitrogens with zero attached hydrogens (tertiary/aromatic N) is 2. The van der Waals surface area contributed by atoms with E-state index in [9.17, 15) is 0 Å². The number of aromatic nitrogens is 2. The predicted octanol–water partition coefficient (Wildman–Crippen LogP) is 3.56. The van der Waals surface area contributed by atoms with Gasteiger partial charge in [0.15, 0.2) is 0 Å². The van der Waals surface area contributed by atoms with Crippen molar-refractivity contribution in [3.63, 3.8) is 0 Å². The van der Waals surface area contributed by atoms with E-state index in [-0.39, 0.29) is 0 Å². The Bertz CT molecular complexity index is 374. The summed E-state index contributed by atoms with van der Waals surface area (Å²) in [6.45, 7) is 15.5. The Balaban J connectivity index is 2.64. The van der Waals surface area contributed by atoms with Crippen LogP contribution in [0.3, 0.4) is 0 Å². The zero-order valence-electron chi connectivity index (χ0n) is 13.6. The van der Waals surface area contributed by atoms with E-state index in [0.29, 0.717) is 11.5 Å². The number of nitrogens with one attached hydrogen (secondary N) is 1. The molecule has 0 saturated carbocycles. The Morgan fingerprint density at radius 2 is 2.00 bits per heavy atom. The highest BCUT2D eigenvalue weighted by atomic mass is 15.3. The van der Waals surface area contributed by atoms with Crippen molar-refractivity contribution in [2.24, 2.45) is 5.41 Å². The van der Waals surface area contributed by atoms with E-state index in [4.69, 9.17) is 0 Å². The summed E-state index contributed by atoms with van der Waals surface area (Å²) in [5, 5.41) is 8.22. The Kier molecular flexibility index (Phi) is 6.05. The van der Waals surface area contributed by atoms with E-state index in [1.165, 1.54) is 18.5 Å². The SMILES string of the molecule is CCCNC(CCc1cc(C)nn1CC)C(C)(C)C. The predicted molar refractivity (Wildman–Crippen MR) is 82.5 cm³/mol. The maximum Gasteiger partial charge on any atom is 0.0596 e. The molecular formula is C16H31N3. The van der Waals surface area contributed by atoms with Crippen molar-refractivity contribution in [1.29, 1.82) is 0 Å². The molecule has 0 radical (unpaired) electrons. The van der Waals surface area contributed by atoms with E-state index < -0.39 is 0 Å². The van der Waals surface area contributed by atoms with Gasteiger partial charge in [-0.15, -0.1) is 0 Å². The molecule has 0 fully saturated rings. The topological polar surface area (TPSA) is 29.9 Å². The maximum atomic E-state index is 4.53. The summed E-state index contributed by atoms with van der Waals surface area (Å²) in [5.41, 5.74) is 2.81. The standard InChI is InChI=1S/C16H31N3/c1-7-11-17-15(16(4,5)6)10-9-14-12-13(3)18-19(14)8-2/h12,15,17H,7-11H2,1-6H3. The van der Waals surface area contributed by atoms with Crippen molar-refractivity contribution in [2.45, 2.75) is 73.4 Å². The molecule has 0 aliphatic heterocycles. The second kappa shape index (κ2) is 7.09. The smallest absolute Gasteiger partial charge is 0.0596 e. The van der Waals surface area contributed by atoms with Gasteiger partial charge in [0.2, 0.25) is 0 Å². The van der Waals surface area contributed by atoms with Gasteiger partial charge in [-0.1, -0.05) is 27.7 Å². The Labute approximate surface area is 118 Å². The highest BCUT2D eigenvalue weighted by Gasteiger charge is 2.23. The van der Waals surface area contributed by atoms with Gasteiger partial charge in [0.05, 0.1) is 5.69 Å². The molecule has 1 unspecified atom stereocenters. The second-order valence-electron chi connectivity index (χ2n) is 6.50. The fourth-order valence-electron chi connectivity index (χ4n) is 2.53. The lowest BCUT2D eigenvalue weighted by Crippen LogP contribution is -2.41. The molecule has 0 saturated heterocycles. The first-order chi connectivity index (χ1) is 8.88. The molecule has 3 nitrogen and oxygen atoms in total. The third-order valence-corrected chi connectivity index (χ3v) is 3.66. The van der Waals surface area contributed by atoms with Crippen molar-refractivity contribution in [3.8, 4) is 0 Å². The molecule has 0 spiro atoms. The molecule has 1 rings (SSSR count). The summed E-state index contributed by atoms with van der Waals surface area (Å²) in [5.74, 6) is 0. The molecule has 3 heteroatoms. The molecule has 0 aromatic carbocycles. The van der Waals surface area contributed by atoms with Crippen LogP contribution in [0.5, 0.6) is 0 Å². The van der Waals surface area contributed by atoms with Crippen LogP contribution in [0.4, 0.5) is 0 Å². The summed E-state index contributed by atoms with van der Waals surface area (Å²) in [6, 6.07) is 2.79. The Hall–Kier alpha value is -0.830. The number of hydrogen-bond donors (Lipinski definition) is 1. The molecule has 0 amide bonds. The van der Waals surface area contributed by atoms with Crippen LogP contribution in [-0.2, 0) is 13.0 Å². The van der Waals surface area contributed by atoms with Gasteiger partial charge in [0, 0.05) is 18.3 Å². The third-order valence-electron chi connectivity index (χ3n) is 3.66. The van der Waals surface area contributed by atoms with Gasteiger partial charge in [-0.2, -0.15) is 5.10 Å². The average Bonchev–Trinajstić information content (AvgIpc) is 2.68. The highest BCUT2D eigenvalue weighted by Crippen LogP contribution is 2.23. The lowest BCUT2D eigenvalue weighted by molar-refractivity contribution is 0.254. The summed E-state index contributed by atoms with van der Waals surface area (Å²) < 4.78 is 2.13. The van der Waals surface area contributed by atoms with Crippen molar-refractivity contribution < 1.29 is 0 Å². The first-order valence-corrected chi connectivity index (χ1v) is 7.65. The minimum Gasteiger partial charge on any atom is -0.313 e. The van der Waals surface area contributed by atoms with E-state index in [0.717, 1.165) is 25.2 Å². The summed E-state index contributed by atoms with van der Waals surface area (Å²) in [6.07, 6.45) is 3.47. The van der Waals surface area contributed by atoms with Gasteiger partial charge in [-0.3, -0.25) is 4.68 Å². The molecule has 0 bridgehead atoms. The van der Waals surface area contributed by atoms with Crippen molar-refractivity contribution in [1.82, 2.24) is 15.1 Å². The lowest BCUT2D eigenvalue weighted by Gasteiger charge is -2.32. The molecule has 0 aliphatic rings. The van der Waals surface area contributed by atoms with Gasteiger partial charge in [-0.25, -0.2) is 0 Å². The van der Waals surface area contributed by atoms with Crippen molar-refractivity contribution >= 4 is 0 Å². The van der Waals surface area contributed by atoms with Crippen LogP contribution in [0.2, 0.25) is 0 Å². The normalized spacial score (nSPS) is 13.8. The van der Waals surface area contributed by atoms with Gasteiger partial charge in [0.1, 0.15) is 0 Å². The molecule has 1 atom stereocenters. The van der Waals surface area contributed by atoms with Gasteiger partial charge in [0.25, 0.3) is 0 Å². The van der Waals surface area contributed by atoms with Gasteiger partial charge in [-0.05, 0) is 51.1 Å². The van der Waals surface area contributed by atoms with Crippen LogP contribution in [0, 0.1) is 12.3 Å². The van der Waals surface area contributed by atoms with E-state index in [2.05, 4.69) is 62.7 Å². The number of rotatable bonds is 7. The minimum absolute atomic E-state index is 0.307. The largest absolute Gasteiger partial charge is 0.313 e. The van der Waals surface area contributed by atoms with Crippen LogP contribution in [0.1, 0.15) is 58.8 Å². The zero-order valence-corrected chi connectivity index (χ0v) is 13.6. The average molecular weight is 265 g/mol. The molecule has 1 aromatic rings. The number of hydrogen-bond acceptors (Lipinski definition) is 2. The Morgan fingerprint density at radius 1 is 1.32 bits per heavy atom. The fraction of sp³-hybridized carbons (Fsp3) is 0.812. The van der Waals surface area contributed by atoms with E-state index >= 15 is 0 Å². The monoisotopic (exact) mass is 265 g/mol.